The van der Waals surface area contributed by atoms with E-state index in [0.717, 1.165) is 19.4 Å². The Labute approximate surface area is 88.1 Å². The molecule has 0 amide bonds. The molecule has 0 spiro atoms. The number of rotatable bonds is 2. The molecule has 1 aromatic rings. The maximum absolute atomic E-state index is 11.7. The Morgan fingerprint density at radius 3 is 3.20 bits per heavy atom. The maximum Gasteiger partial charge on any atom is 0.268 e. The van der Waals surface area contributed by atoms with Crippen molar-refractivity contribution in [3.05, 3.63) is 34.2 Å². The predicted molar refractivity (Wildman–Crippen MR) is 56.4 cm³/mol. The van der Waals surface area contributed by atoms with Gasteiger partial charge in [0.05, 0.1) is 0 Å². The Morgan fingerprint density at radius 1 is 1.67 bits per heavy atom. The lowest BCUT2D eigenvalue weighted by molar-refractivity contribution is 0.499. The van der Waals surface area contributed by atoms with Gasteiger partial charge in [0.15, 0.2) is 0 Å². The van der Waals surface area contributed by atoms with Crippen LogP contribution in [-0.2, 0) is 6.54 Å². The molecular formula is C11H13N3O. The van der Waals surface area contributed by atoms with Gasteiger partial charge < -0.3 is 9.88 Å². The molecule has 1 saturated heterocycles. The largest absolute Gasteiger partial charge is 0.313 e. The highest BCUT2D eigenvalue weighted by molar-refractivity contribution is 5.24. The zero-order valence-electron chi connectivity index (χ0n) is 8.44. The second-order valence-electron chi connectivity index (χ2n) is 3.78. The van der Waals surface area contributed by atoms with Crippen molar-refractivity contribution >= 4 is 0 Å². The van der Waals surface area contributed by atoms with Gasteiger partial charge in [-0.25, -0.2) is 0 Å². The van der Waals surface area contributed by atoms with Crippen molar-refractivity contribution < 1.29 is 0 Å². The molecule has 0 radical (unpaired) electrons. The Morgan fingerprint density at radius 2 is 2.53 bits per heavy atom. The van der Waals surface area contributed by atoms with Crippen LogP contribution < -0.4 is 10.9 Å². The Bertz CT molecular complexity index is 438. The minimum absolute atomic E-state index is 0.186. The van der Waals surface area contributed by atoms with Gasteiger partial charge >= 0.3 is 0 Å². The molecule has 4 heteroatoms. The molecular weight excluding hydrogens is 190 g/mol. The smallest absolute Gasteiger partial charge is 0.268 e. The Kier molecular flexibility index (Phi) is 2.84. The summed E-state index contributed by atoms with van der Waals surface area (Å²) in [5, 5.41) is 12.1. The van der Waals surface area contributed by atoms with E-state index in [-0.39, 0.29) is 11.1 Å². The van der Waals surface area contributed by atoms with E-state index in [0.29, 0.717) is 12.6 Å². The lowest BCUT2D eigenvalue weighted by Crippen LogP contribution is -2.32. The molecule has 0 aliphatic carbocycles. The quantitative estimate of drug-likeness (QED) is 0.760. The van der Waals surface area contributed by atoms with Gasteiger partial charge in [0.25, 0.3) is 5.56 Å². The number of hydrogen-bond acceptors (Lipinski definition) is 3. The molecule has 1 aliphatic heterocycles. The normalized spacial score (nSPS) is 20.1. The summed E-state index contributed by atoms with van der Waals surface area (Å²) in [4.78, 5) is 11.7. The van der Waals surface area contributed by atoms with Crippen LogP contribution >= 0.6 is 0 Å². The summed E-state index contributed by atoms with van der Waals surface area (Å²) >= 11 is 0. The molecule has 0 saturated carbocycles. The fourth-order valence-corrected chi connectivity index (χ4v) is 1.92. The lowest BCUT2D eigenvalue weighted by Gasteiger charge is -2.12. The molecule has 2 rings (SSSR count). The van der Waals surface area contributed by atoms with Gasteiger partial charge in [-0.2, -0.15) is 5.26 Å². The van der Waals surface area contributed by atoms with Crippen LogP contribution in [0.4, 0.5) is 0 Å². The zero-order valence-corrected chi connectivity index (χ0v) is 8.44. The molecule has 1 atom stereocenters. The molecule has 1 unspecified atom stereocenters. The number of aromatic nitrogens is 1. The van der Waals surface area contributed by atoms with Gasteiger partial charge in [-0.05, 0) is 31.5 Å². The van der Waals surface area contributed by atoms with E-state index in [1.165, 1.54) is 0 Å². The summed E-state index contributed by atoms with van der Waals surface area (Å²) in [6.07, 6.45) is 4.00. The van der Waals surface area contributed by atoms with Crippen molar-refractivity contribution in [1.82, 2.24) is 9.88 Å². The van der Waals surface area contributed by atoms with E-state index in [1.54, 1.807) is 22.9 Å². The molecule has 1 aliphatic rings. The second kappa shape index (κ2) is 4.28. The summed E-state index contributed by atoms with van der Waals surface area (Å²) < 4.78 is 1.61. The van der Waals surface area contributed by atoms with Gasteiger partial charge in [-0.3, -0.25) is 4.79 Å². The number of nitrogens with one attached hydrogen (secondary N) is 1. The van der Waals surface area contributed by atoms with Crippen LogP contribution in [0.25, 0.3) is 0 Å². The third-order valence-electron chi connectivity index (χ3n) is 2.72. The molecule has 1 N–H and O–H groups in total. The maximum atomic E-state index is 11.7. The minimum Gasteiger partial charge on any atom is -0.313 e. The van der Waals surface area contributed by atoms with E-state index in [1.807, 2.05) is 6.07 Å². The first-order valence-corrected chi connectivity index (χ1v) is 5.14. The van der Waals surface area contributed by atoms with E-state index >= 15 is 0 Å². The molecule has 0 aromatic carbocycles. The van der Waals surface area contributed by atoms with E-state index in [4.69, 9.17) is 5.26 Å². The molecule has 0 bridgehead atoms. The van der Waals surface area contributed by atoms with Gasteiger partial charge in [0, 0.05) is 18.8 Å². The standard InChI is InChI=1S/C11H13N3O/c12-7-9-3-2-6-14(11(9)15)8-10-4-1-5-13-10/h2-3,6,10,13H,1,4-5,8H2. The second-order valence-corrected chi connectivity index (χ2v) is 3.78. The number of nitriles is 1. The van der Waals surface area contributed by atoms with Gasteiger partial charge in [0.1, 0.15) is 11.6 Å². The van der Waals surface area contributed by atoms with Crippen molar-refractivity contribution in [3.8, 4) is 6.07 Å². The summed E-state index contributed by atoms with van der Waals surface area (Å²) in [6.45, 7) is 1.69. The zero-order chi connectivity index (χ0) is 10.7. The fourth-order valence-electron chi connectivity index (χ4n) is 1.92. The van der Waals surface area contributed by atoms with Gasteiger partial charge in [-0.1, -0.05) is 0 Å². The van der Waals surface area contributed by atoms with Gasteiger partial charge in [-0.15, -0.1) is 0 Å². The van der Waals surface area contributed by atoms with E-state index < -0.39 is 0 Å². The molecule has 15 heavy (non-hydrogen) atoms. The Hall–Kier alpha value is -1.60. The highest BCUT2D eigenvalue weighted by Crippen LogP contribution is 2.06. The summed E-state index contributed by atoms with van der Waals surface area (Å²) in [6, 6.07) is 5.58. The predicted octanol–water partition coefficient (Wildman–Crippen LogP) is 0.472. The molecule has 78 valence electrons. The van der Waals surface area contributed by atoms with Crippen molar-refractivity contribution in [3.63, 3.8) is 0 Å². The van der Waals surface area contributed by atoms with Crippen LogP contribution in [0.15, 0.2) is 23.1 Å². The minimum atomic E-state index is -0.186. The van der Waals surface area contributed by atoms with Crippen molar-refractivity contribution in [2.24, 2.45) is 0 Å². The first kappa shape index (κ1) is 9.94. The van der Waals surface area contributed by atoms with Crippen LogP contribution in [0.5, 0.6) is 0 Å². The first-order valence-electron chi connectivity index (χ1n) is 5.14. The average Bonchev–Trinajstić information content (AvgIpc) is 2.74. The fraction of sp³-hybridized carbons (Fsp3) is 0.455. The Balaban J connectivity index is 2.21. The molecule has 2 heterocycles. The third-order valence-corrected chi connectivity index (χ3v) is 2.72. The highest BCUT2D eigenvalue weighted by atomic mass is 16.1. The molecule has 1 aromatic heterocycles. The SMILES string of the molecule is N#Cc1cccn(CC2CCCN2)c1=O. The van der Waals surface area contributed by atoms with Crippen molar-refractivity contribution in [2.75, 3.05) is 6.54 Å². The number of pyridine rings is 1. The number of hydrogen-bond donors (Lipinski definition) is 1. The van der Waals surface area contributed by atoms with Crippen LogP contribution in [0, 0.1) is 11.3 Å². The molecule has 4 nitrogen and oxygen atoms in total. The van der Waals surface area contributed by atoms with Crippen LogP contribution in [-0.4, -0.2) is 17.2 Å². The average molecular weight is 203 g/mol. The monoisotopic (exact) mass is 203 g/mol. The molecule has 1 fully saturated rings. The lowest BCUT2D eigenvalue weighted by atomic mass is 10.2. The van der Waals surface area contributed by atoms with Crippen LogP contribution in [0.3, 0.4) is 0 Å². The van der Waals surface area contributed by atoms with Crippen LogP contribution in [0.1, 0.15) is 18.4 Å². The summed E-state index contributed by atoms with van der Waals surface area (Å²) in [5.74, 6) is 0. The third kappa shape index (κ3) is 2.08. The van der Waals surface area contributed by atoms with Crippen molar-refractivity contribution in [2.45, 2.75) is 25.4 Å². The van der Waals surface area contributed by atoms with Crippen LogP contribution in [0.2, 0.25) is 0 Å². The van der Waals surface area contributed by atoms with E-state index in [9.17, 15) is 4.79 Å². The highest BCUT2D eigenvalue weighted by Gasteiger charge is 2.15. The number of nitrogens with zero attached hydrogens (tertiary/aromatic N) is 2. The summed E-state index contributed by atoms with van der Waals surface area (Å²) in [7, 11) is 0. The van der Waals surface area contributed by atoms with Gasteiger partial charge in [0.2, 0.25) is 0 Å². The van der Waals surface area contributed by atoms with Crippen molar-refractivity contribution in [1.29, 1.82) is 5.26 Å². The topological polar surface area (TPSA) is 57.8 Å². The summed E-state index contributed by atoms with van der Waals surface area (Å²) in [5.41, 5.74) is 0.0317. The van der Waals surface area contributed by atoms with E-state index in [2.05, 4.69) is 5.32 Å². The first-order chi connectivity index (χ1) is 7.31.